The molecule has 0 aromatic heterocycles. The minimum absolute atomic E-state index is 0.119. The quantitative estimate of drug-likeness (QED) is 0.796. The van der Waals surface area contributed by atoms with Gasteiger partial charge in [-0.3, -0.25) is 4.79 Å². The number of amides is 1. The lowest BCUT2D eigenvalue weighted by Gasteiger charge is -2.37. The van der Waals surface area contributed by atoms with Crippen LogP contribution in [-0.4, -0.2) is 42.9 Å². The lowest BCUT2D eigenvalue weighted by Crippen LogP contribution is -2.50. The Morgan fingerprint density at radius 3 is 2.37 bits per heavy atom. The van der Waals surface area contributed by atoms with Crippen molar-refractivity contribution in [1.82, 2.24) is 4.90 Å². The smallest absolute Gasteiger partial charge is 0.226 e. The van der Waals surface area contributed by atoms with Gasteiger partial charge in [0.2, 0.25) is 5.91 Å². The van der Waals surface area contributed by atoms with Gasteiger partial charge in [0.1, 0.15) is 5.82 Å². The second-order valence-corrected chi connectivity index (χ2v) is 5.15. The summed E-state index contributed by atoms with van der Waals surface area (Å²) in [6, 6.07) is 6.47. The van der Waals surface area contributed by atoms with Crippen LogP contribution in [0.4, 0.5) is 10.1 Å². The van der Waals surface area contributed by atoms with Gasteiger partial charge >= 0.3 is 0 Å². The van der Waals surface area contributed by atoms with Crippen molar-refractivity contribution in [3.8, 4) is 0 Å². The van der Waals surface area contributed by atoms with Crippen molar-refractivity contribution in [2.45, 2.75) is 6.92 Å². The van der Waals surface area contributed by atoms with Gasteiger partial charge in [0.05, 0.1) is 0 Å². The van der Waals surface area contributed by atoms with E-state index in [0.29, 0.717) is 19.0 Å². The van der Waals surface area contributed by atoms with Crippen LogP contribution in [0.5, 0.6) is 0 Å². The molecule has 104 valence electrons. The molecule has 0 radical (unpaired) electrons. The van der Waals surface area contributed by atoms with E-state index in [1.807, 2.05) is 11.8 Å². The highest BCUT2D eigenvalue weighted by atomic mass is 35.5. The molecule has 1 aromatic rings. The molecule has 1 unspecified atom stereocenters. The van der Waals surface area contributed by atoms with Crippen LogP contribution in [0.15, 0.2) is 24.3 Å². The monoisotopic (exact) mass is 284 g/mol. The Labute approximate surface area is 117 Å². The standard InChI is InChI=1S/C14H18ClFN2O/c1-11(10-15)14(19)18-8-6-17(7-9-18)13-4-2-12(16)3-5-13/h2-5,11H,6-10H2,1H3. The Morgan fingerprint density at radius 1 is 1.26 bits per heavy atom. The average molecular weight is 285 g/mol. The molecule has 19 heavy (non-hydrogen) atoms. The van der Waals surface area contributed by atoms with Crippen LogP contribution in [-0.2, 0) is 4.79 Å². The zero-order valence-electron chi connectivity index (χ0n) is 11.0. The third-order valence-electron chi connectivity index (χ3n) is 3.44. The summed E-state index contributed by atoms with van der Waals surface area (Å²) in [7, 11) is 0. The fourth-order valence-corrected chi connectivity index (χ4v) is 2.35. The minimum atomic E-state index is -0.228. The molecule has 1 saturated heterocycles. The number of alkyl halides is 1. The topological polar surface area (TPSA) is 23.6 Å². The summed E-state index contributed by atoms with van der Waals surface area (Å²) < 4.78 is 12.9. The number of hydrogen-bond acceptors (Lipinski definition) is 2. The lowest BCUT2D eigenvalue weighted by atomic mass is 10.1. The van der Waals surface area contributed by atoms with Gasteiger partial charge in [-0.05, 0) is 24.3 Å². The van der Waals surface area contributed by atoms with Crippen molar-refractivity contribution in [2.24, 2.45) is 5.92 Å². The zero-order chi connectivity index (χ0) is 13.8. The summed E-state index contributed by atoms with van der Waals surface area (Å²) in [6.07, 6.45) is 0. The van der Waals surface area contributed by atoms with E-state index in [-0.39, 0.29) is 17.6 Å². The number of halogens is 2. The van der Waals surface area contributed by atoms with E-state index in [4.69, 9.17) is 11.6 Å². The van der Waals surface area contributed by atoms with Gasteiger partial charge < -0.3 is 9.80 Å². The molecule has 1 aliphatic heterocycles. The first kappa shape index (κ1) is 14.1. The maximum Gasteiger partial charge on any atom is 0.226 e. The Kier molecular flexibility index (Phi) is 4.64. The van der Waals surface area contributed by atoms with E-state index < -0.39 is 0 Å². The molecular formula is C14H18ClFN2O. The van der Waals surface area contributed by atoms with Crippen molar-refractivity contribution < 1.29 is 9.18 Å². The molecule has 3 nitrogen and oxygen atoms in total. The predicted octanol–water partition coefficient (Wildman–Crippen LogP) is 2.35. The lowest BCUT2D eigenvalue weighted by molar-refractivity contribution is -0.134. The van der Waals surface area contributed by atoms with Gasteiger partial charge in [0.15, 0.2) is 0 Å². The number of carbonyl (C=O) groups is 1. The van der Waals surface area contributed by atoms with Gasteiger partial charge in [-0.1, -0.05) is 6.92 Å². The predicted molar refractivity (Wildman–Crippen MR) is 75.1 cm³/mol. The van der Waals surface area contributed by atoms with Crippen LogP contribution in [0.1, 0.15) is 6.92 Å². The van der Waals surface area contributed by atoms with Crippen LogP contribution in [0, 0.1) is 11.7 Å². The first-order valence-corrected chi connectivity index (χ1v) is 7.00. The van der Waals surface area contributed by atoms with Crippen molar-refractivity contribution in [3.05, 3.63) is 30.1 Å². The largest absolute Gasteiger partial charge is 0.368 e. The third kappa shape index (κ3) is 3.38. The Bertz CT molecular complexity index is 430. The Balaban J connectivity index is 1.92. The first-order chi connectivity index (χ1) is 9.11. The zero-order valence-corrected chi connectivity index (χ0v) is 11.7. The fraction of sp³-hybridized carbons (Fsp3) is 0.500. The van der Waals surface area contributed by atoms with E-state index >= 15 is 0 Å². The van der Waals surface area contributed by atoms with Gasteiger partial charge in [-0.15, -0.1) is 11.6 Å². The van der Waals surface area contributed by atoms with Gasteiger partial charge in [-0.2, -0.15) is 0 Å². The molecule has 1 amide bonds. The number of nitrogens with zero attached hydrogens (tertiary/aromatic N) is 2. The maximum absolute atomic E-state index is 12.9. The van der Waals surface area contributed by atoms with E-state index in [2.05, 4.69) is 4.90 Å². The number of rotatable bonds is 3. The highest BCUT2D eigenvalue weighted by Crippen LogP contribution is 2.17. The number of piperazine rings is 1. The molecule has 0 spiro atoms. The molecule has 1 fully saturated rings. The molecule has 0 saturated carbocycles. The average Bonchev–Trinajstić information content (AvgIpc) is 2.46. The third-order valence-corrected chi connectivity index (χ3v) is 3.90. The van der Waals surface area contributed by atoms with Crippen LogP contribution >= 0.6 is 11.6 Å². The molecule has 1 aliphatic rings. The van der Waals surface area contributed by atoms with Crippen LogP contribution in [0.2, 0.25) is 0 Å². The summed E-state index contributed by atoms with van der Waals surface area (Å²) in [5.41, 5.74) is 0.999. The van der Waals surface area contributed by atoms with Crippen molar-refractivity contribution in [1.29, 1.82) is 0 Å². The molecule has 0 aliphatic carbocycles. The van der Waals surface area contributed by atoms with Gasteiger partial charge in [-0.25, -0.2) is 4.39 Å². The summed E-state index contributed by atoms with van der Waals surface area (Å²) in [6.45, 7) is 4.77. The molecule has 5 heteroatoms. The highest BCUT2D eigenvalue weighted by molar-refractivity contribution is 6.19. The number of anilines is 1. The summed E-state index contributed by atoms with van der Waals surface area (Å²) in [5.74, 6) is 0.123. The minimum Gasteiger partial charge on any atom is -0.368 e. The second kappa shape index (κ2) is 6.24. The van der Waals surface area contributed by atoms with Gasteiger partial charge in [0.25, 0.3) is 0 Å². The SMILES string of the molecule is CC(CCl)C(=O)N1CCN(c2ccc(F)cc2)CC1. The fourth-order valence-electron chi connectivity index (χ4n) is 2.21. The normalized spacial score (nSPS) is 17.4. The number of carbonyl (C=O) groups excluding carboxylic acids is 1. The molecular weight excluding hydrogens is 267 g/mol. The Morgan fingerprint density at radius 2 is 1.84 bits per heavy atom. The molecule has 2 rings (SSSR count). The number of benzene rings is 1. The molecule has 1 aromatic carbocycles. The molecule has 0 bridgehead atoms. The maximum atomic E-state index is 12.9. The molecule has 1 atom stereocenters. The van der Waals surface area contributed by atoms with Gasteiger partial charge in [0, 0.05) is 43.7 Å². The van der Waals surface area contributed by atoms with Crippen LogP contribution in [0.3, 0.4) is 0 Å². The molecule has 1 heterocycles. The number of hydrogen-bond donors (Lipinski definition) is 0. The van der Waals surface area contributed by atoms with Crippen LogP contribution in [0.25, 0.3) is 0 Å². The second-order valence-electron chi connectivity index (χ2n) is 4.84. The van der Waals surface area contributed by atoms with Crippen LogP contribution < -0.4 is 4.90 Å². The van der Waals surface area contributed by atoms with E-state index in [1.165, 1.54) is 12.1 Å². The first-order valence-electron chi connectivity index (χ1n) is 6.47. The highest BCUT2D eigenvalue weighted by Gasteiger charge is 2.24. The van der Waals surface area contributed by atoms with E-state index in [9.17, 15) is 9.18 Å². The van der Waals surface area contributed by atoms with E-state index in [1.54, 1.807) is 12.1 Å². The summed E-state index contributed by atoms with van der Waals surface area (Å²) in [5, 5.41) is 0. The summed E-state index contributed by atoms with van der Waals surface area (Å²) >= 11 is 5.71. The Hall–Kier alpha value is -1.29. The van der Waals surface area contributed by atoms with Crippen molar-refractivity contribution >= 4 is 23.2 Å². The van der Waals surface area contributed by atoms with E-state index in [0.717, 1.165) is 18.8 Å². The van der Waals surface area contributed by atoms with Crippen molar-refractivity contribution in [3.63, 3.8) is 0 Å². The molecule has 0 N–H and O–H groups in total. The van der Waals surface area contributed by atoms with Crippen molar-refractivity contribution in [2.75, 3.05) is 37.0 Å². The summed E-state index contributed by atoms with van der Waals surface area (Å²) in [4.78, 5) is 16.0.